The first-order valence-corrected chi connectivity index (χ1v) is 19.6. The van der Waals surface area contributed by atoms with Gasteiger partial charge in [-0.05, 0) is 79.0 Å². The van der Waals surface area contributed by atoms with Gasteiger partial charge in [0, 0.05) is 32.3 Å². The van der Waals surface area contributed by atoms with Crippen molar-refractivity contribution in [2.75, 3.05) is 11.9 Å². The Morgan fingerprint density at radius 2 is 1.78 bits per heavy atom. The SMILES string of the molecule is CC(C)CC(C(=O)O)N1C(=O)C2C3CC(C2C1=O)C1C3Sc2[nH]c(=O)sc2[C@@H]1c1cc(Cl)ccc1OCC(=O)Nc1ccc(S(N)(=O)=O)cc1. The number of carbonyl (C=O) groups excluding carboxylic acids is 3. The average Bonchev–Trinajstić information content (AvgIpc) is 3.78. The first kappa shape index (κ1) is 34.7. The number of carboxylic acid groups (broad SMARTS) is 1. The summed E-state index contributed by atoms with van der Waals surface area (Å²) in [6.07, 6.45) is 0.756. The van der Waals surface area contributed by atoms with Crippen molar-refractivity contribution in [2.45, 2.75) is 53.8 Å². The Morgan fingerprint density at radius 3 is 2.42 bits per heavy atom. The molecule has 2 aromatic carbocycles. The number of imide groups is 1. The van der Waals surface area contributed by atoms with E-state index in [0.717, 1.165) is 21.1 Å². The van der Waals surface area contributed by atoms with E-state index in [1.54, 1.807) is 18.2 Å². The number of primary sulfonamides is 1. The molecule has 0 spiro atoms. The van der Waals surface area contributed by atoms with E-state index in [1.165, 1.54) is 36.0 Å². The van der Waals surface area contributed by atoms with E-state index in [9.17, 15) is 37.5 Å². The number of aromatic nitrogens is 1. The number of nitrogens with one attached hydrogen (secondary N) is 2. The third kappa shape index (κ3) is 5.93. The average molecular weight is 761 g/mol. The highest BCUT2D eigenvalue weighted by Crippen LogP contribution is 2.69. The maximum atomic E-state index is 14.1. The van der Waals surface area contributed by atoms with Gasteiger partial charge in [-0.15, -0.1) is 11.8 Å². The number of hydrogen-bond acceptors (Lipinski definition) is 10. The Labute approximate surface area is 300 Å². The normalized spacial score (nSPS) is 27.2. The van der Waals surface area contributed by atoms with Crippen LogP contribution in [0.5, 0.6) is 5.75 Å². The van der Waals surface area contributed by atoms with Crippen LogP contribution >= 0.6 is 34.7 Å². The van der Waals surface area contributed by atoms with Gasteiger partial charge in [0.15, 0.2) is 6.61 Å². The molecule has 3 aromatic rings. The first-order valence-electron chi connectivity index (χ1n) is 16.0. The summed E-state index contributed by atoms with van der Waals surface area (Å²) in [4.78, 5) is 70.3. The number of thiazole rings is 1. The maximum Gasteiger partial charge on any atom is 0.326 e. The van der Waals surface area contributed by atoms with Crippen LogP contribution in [-0.2, 0) is 29.2 Å². The number of fused-ring (bicyclic) bond motifs is 9. The molecule has 7 unspecified atom stereocenters. The Balaban J connectivity index is 1.20. The number of halogens is 1. The Bertz CT molecular complexity index is 2080. The van der Waals surface area contributed by atoms with Crippen LogP contribution in [0.3, 0.4) is 0 Å². The number of sulfonamides is 1. The summed E-state index contributed by atoms with van der Waals surface area (Å²) in [5.74, 6) is -4.83. The zero-order chi connectivity index (χ0) is 35.8. The van der Waals surface area contributed by atoms with E-state index in [2.05, 4.69) is 10.3 Å². The zero-order valence-electron chi connectivity index (χ0n) is 26.7. The Hall–Kier alpha value is -3.70. The molecule has 264 valence electrons. The highest BCUT2D eigenvalue weighted by atomic mass is 35.5. The first-order chi connectivity index (χ1) is 23.6. The van der Waals surface area contributed by atoms with E-state index in [4.69, 9.17) is 21.5 Å². The van der Waals surface area contributed by atoms with E-state index in [1.807, 2.05) is 13.8 Å². The van der Waals surface area contributed by atoms with E-state index in [0.29, 0.717) is 33.5 Å². The van der Waals surface area contributed by atoms with Crippen LogP contribution in [0.2, 0.25) is 5.02 Å². The van der Waals surface area contributed by atoms with Crippen molar-refractivity contribution < 1.29 is 37.4 Å². The van der Waals surface area contributed by atoms with Crippen molar-refractivity contribution in [2.24, 2.45) is 40.6 Å². The monoisotopic (exact) mass is 760 g/mol. The molecule has 3 fully saturated rings. The molecule has 2 saturated carbocycles. The molecular weight excluding hydrogens is 728 g/mol. The van der Waals surface area contributed by atoms with Crippen LogP contribution < -0.4 is 20.1 Å². The predicted octanol–water partition coefficient (Wildman–Crippen LogP) is 3.73. The lowest BCUT2D eigenvalue weighted by atomic mass is 9.68. The lowest BCUT2D eigenvalue weighted by Crippen LogP contribution is -2.47. The van der Waals surface area contributed by atoms with E-state index < -0.39 is 64.1 Å². The van der Waals surface area contributed by atoms with Crippen molar-refractivity contribution >= 4 is 74.1 Å². The zero-order valence-corrected chi connectivity index (χ0v) is 29.9. The number of ether oxygens (including phenoxy) is 1. The predicted molar refractivity (Wildman–Crippen MR) is 185 cm³/mol. The second-order valence-electron chi connectivity index (χ2n) is 13.6. The maximum absolute atomic E-state index is 14.1. The number of benzene rings is 2. The van der Waals surface area contributed by atoms with Crippen molar-refractivity contribution in [3.05, 3.63) is 67.6 Å². The van der Waals surface area contributed by atoms with Gasteiger partial charge in [0.05, 0.1) is 21.8 Å². The summed E-state index contributed by atoms with van der Waals surface area (Å²) in [7, 11) is -3.90. The number of nitrogens with zero attached hydrogens (tertiary/aromatic N) is 1. The van der Waals surface area contributed by atoms with Crippen molar-refractivity contribution in [1.82, 2.24) is 9.88 Å². The number of aromatic amines is 1. The van der Waals surface area contributed by atoms with Gasteiger partial charge in [-0.2, -0.15) is 0 Å². The molecule has 1 aromatic heterocycles. The number of aliphatic carboxylic acids is 1. The largest absolute Gasteiger partial charge is 0.483 e. The summed E-state index contributed by atoms with van der Waals surface area (Å²) in [5, 5.41) is 18.8. The Kier molecular flexibility index (Phi) is 8.90. The number of hydrogen-bond donors (Lipinski definition) is 4. The number of nitrogens with two attached hydrogens (primary N) is 1. The number of carbonyl (C=O) groups is 4. The number of H-pyrrole nitrogens is 1. The molecule has 2 aliphatic carbocycles. The number of thioether (sulfide) groups is 1. The van der Waals surface area contributed by atoms with Gasteiger partial charge >= 0.3 is 10.8 Å². The molecule has 7 rings (SSSR count). The van der Waals surface area contributed by atoms with Crippen LogP contribution in [0.25, 0.3) is 0 Å². The van der Waals surface area contributed by atoms with Gasteiger partial charge in [-0.25, -0.2) is 18.4 Å². The van der Waals surface area contributed by atoms with Crippen molar-refractivity contribution in [3.63, 3.8) is 0 Å². The number of carboxylic acids is 1. The van der Waals surface area contributed by atoms with Gasteiger partial charge in [0.2, 0.25) is 21.8 Å². The summed E-state index contributed by atoms with van der Waals surface area (Å²) in [6.45, 7) is 3.29. The molecule has 13 nitrogen and oxygen atoms in total. The summed E-state index contributed by atoms with van der Waals surface area (Å²) in [5.41, 5.74) is 0.951. The molecular formula is C33H33ClN4O9S3. The second kappa shape index (κ2) is 12.8. The molecule has 2 aliphatic heterocycles. The lowest BCUT2D eigenvalue weighted by Gasteiger charge is -2.43. The number of anilines is 1. The fraction of sp³-hybridized carbons (Fsp3) is 0.424. The van der Waals surface area contributed by atoms with E-state index >= 15 is 0 Å². The molecule has 3 amide bonds. The van der Waals surface area contributed by atoms with Crippen molar-refractivity contribution in [1.29, 1.82) is 0 Å². The van der Waals surface area contributed by atoms with Gasteiger partial charge in [0.25, 0.3) is 5.91 Å². The third-order valence-electron chi connectivity index (χ3n) is 10.2. The van der Waals surface area contributed by atoms with Crippen LogP contribution in [0.15, 0.2) is 57.2 Å². The minimum Gasteiger partial charge on any atom is -0.483 e. The van der Waals surface area contributed by atoms with E-state index in [-0.39, 0.29) is 45.1 Å². The molecule has 4 aliphatic rings. The van der Waals surface area contributed by atoms with Gasteiger partial charge in [-0.1, -0.05) is 36.8 Å². The quantitative estimate of drug-likeness (QED) is 0.220. The summed E-state index contributed by atoms with van der Waals surface area (Å²) < 4.78 is 29.2. The topological polar surface area (TPSA) is 206 Å². The van der Waals surface area contributed by atoms with Crippen LogP contribution in [-0.4, -0.2) is 65.0 Å². The highest BCUT2D eigenvalue weighted by molar-refractivity contribution is 8.00. The van der Waals surface area contributed by atoms with Gasteiger partial charge < -0.3 is 20.1 Å². The standard InChI is InChI=1S/C33H33ClN4O9S3/c1-13(2)9-20(32(42)43)38-30(40)25-18-11-19(26(25)31(38)41)27-24(18)23(28-29(48-27)37-33(44)49-28)17-10-14(34)3-8-21(17)47-12-22(39)36-15-4-6-16(7-5-15)50(35,45)46/h3-8,10,13,18-20,23-27H,9,11-12H2,1-2H3,(H,36,39)(H,37,44)(H,42,43)(H2,35,45,46)/t18?,19?,20?,23-,24?,25?,26?,27?/m1/s1. The molecule has 5 N–H and O–H groups in total. The molecule has 17 heteroatoms. The molecule has 1 saturated heterocycles. The second-order valence-corrected chi connectivity index (χ2v) is 17.8. The molecule has 3 heterocycles. The minimum atomic E-state index is -3.90. The van der Waals surface area contributed by atoms with Crippen molar-refractivity contribution in [3.8, 4) is 5.75 Å². The summed E-state index contributed by atoms with van der Waals surface area (Å²) in [6, 6.07) is 9.10. The van der Waals surface area contributed by atoms with Crippen LogP contribution in [0.1, 0.15) is 43.0 Å². The molecule has 2 bridgehead atoms. The van der Waals surface area contributed by atoms with Gasteiger partial charge in [0.1, 0.15) is 11.8 Å². The number of likely N-dealkylation sites (tertiary alicyclic amines) is 1. The molecule has 50 heavy (non-hydrogen) atoms. The minimum absolute atomic E-state index is 0.0527. The molecule has 8 atom stereocenters. The Morgan fingerprint density at radius 1 is 1.10 bits per heavy atom. The van der Waals surface area contributed by atoms with Gasteiger partial charge in [-0.3, -0.25) is 24.1 Å². The molecule has 0 radical (unpaired) electrons. The fourth-order valence-corrected chi connectivity index (χ4v) is 12.0. The lowest BCUT2D eigenvalue weighted by molar-refractivity contribution is -0.156. The smallest absolute Gasteiger partial charge is 0.326 e. The fourth-order valence-electron chi connectivity index (χ4n) is 8.42. The highest BCUT2D eigenvalue weighted by Gasteiger charge is 2.70. The number of amides is 3. The summed E-state index contributed by atoms with van der Waals surface area (Å²) >= 11 is 9.09. The van der Waals surface area contributed by atoms with Crippen LogP contribution in [0, 0.1) is 35.5 Å². The van der Waals surface area contributed by atoms with Crippen LogP contribution in [0.4, 0.5) is 5.69 Å². The third-order valence-corrected chi connectivity index (χ3v) is 13.9. The number of rotatable bonds is 10.